The molecule has 0 aromatic heterocycles. The summed E-state index contributed by atoms with van der Waals surface area (Å²) in [4.78, 5) is 65.0. The Labute approximate surface area is 211 Å². The number of aliphatic carboxylic acids is 1. The molecule has 206 valence electrons. The Bertz CT molecular complexity index is 797. The summed E-state index contributed by atoms with van der Waals surface area (Å²) in [5.74, 6) is -4.23. The van der Waals surface area contributed by atoms with Crippen LogP contribution in [0.15, 0.2) is 4.99 Å². The van der Waals surface area contributed by atoms with Crippen LogP contribution >= 0.6 is 0 Å². The van der Waals surface area contributed by atoms with Crippen molar-refractivity contribution in [2.45, 2.75) is 84.0 Å². The Kier molecular flexibility index (Phi) is 14.7. The number of rotatable bonds is 17. The van der Waals surface area contributed by atoms with Gasteiger partial charge in [0.2, 0.25) is 23.6 Å². The van der Waals surface area contributed by atoms with Gasteiger partial charge in [-0.15, -0.1) is 0 Å². The molecule has 0 aromatic rings. The van der Waals surface area contributed by atoms with Gasteiger partial charge < -0.3 is 44.0 Å². The molecule has 14 nitrogen and oxygen atoms in total. The molecular formula is C22H42N8O6. The average molecular weight is 515 g/mol. The molecular weight excluding hydrogens is 472 g/mol. The second kappa shape index (κ2) is 16.3. The van der Waals surface area contributed by atoms with Gasteiger partial charge in [-0.2, -0.15) is 0 Å². The van der Waals surface area contributed by atoms with Crippen molar-refractivity contribution in [1.82, 2.24) is 16.0 Å². The molecule has 4 atom stereocenters. The fraction of sp³-hybridized carbons (Fsp3) is 0.727. The summed E-state index contributed by atoms with van der Waals surface area (Å²) >= 11 is 0. The van der Waals surface area contributed by atoms with E-state index in [0.717, 1.165) is 0 Å². The van der Waals surface area contributed by atoms with Crippen LogP contribution in [0, 0.1) is 11.8 Å². The van der Waals surface area contributed by atoms with Gasteiger partial charge >= 0.3 is 5.97 Å². The topological polar surface area (TPSA) is 258 Å². The highest BCUT2D eigenvalue weighted by atomic mass is 16.4. The number of carbonyl (C=O) groups excluding carboxylic acids is 4. The minimum absolute atomic E-state index is 0.00319. The first-order valence-electron chi connectivity index (χ1n) is 11.9. The molecule has 36 heavy (non-hydrogen) atoms. The second-order valence-electron chi connectivity index (χ2n) is 9.51. The summed E-state index contributed by atoms with van der Waals surface area (Å²) in [7, 11) is 0. The Hall–Kier alpha value is -3.42. The number of carboxylic acid groups (broad SMARTS) is 1. The lowest BCUT2D eigenvalue weighted by molar-refractivity contribution is -0.142. The third kappa shape index (κ3) is 14.1. The second-order valence-corrected chi connectivity index (χ2v) is 9.51. The van der Waals surface area contributed by atoms with E-state index in [9.17, 15) is 29.1 Å². The Balaban J connectivity index is 5.65. The van der Waals surface area contributed by atoms with Crippen molar-refractivity contribution in [2.24, 2.45) is 39.8 Å². The minimum atomic E-state index is -1.24. The summed E-state index contributed by atoms with van der Waals surface area (Å²) in [5.41, 5.74) is 21.4. The van der Waals surface area contributed by atoms with Crippen molar-refractivity contribution in [3.05, 3.63) is 0 Å². The first kappa shape index (κ1) is 32.6. The highest BCUT2D eigenvalue weighted by molar-refractivity contribution is 5.95. The summed E-state index contributed by atoms with van der Waals surface area (Å²) < 4.78 is 0. The SMILES string of the molecule is CC(C)CC(NC(=O)C(CCCN=C(N)N)NC(=O)C(CC(C)C)NC(=O)C(N)CC(N)=O)C(=O)O. The van der Waals surface area contributed by atoms with Crippen molar-refractivity contribution in [3.63, 3.8) is 0 Å². The lowest BCUT2D eigenvalue weighted by Crippen LogP contribution is -2.57. The Morgan fingerprint density at radius 1 is 0.778 bits per heavy atom. The third-order valence-corrected chi connectivity index (χ3v) is 5.00. The number of nitrogens with zero attached hydrogens (tertiary/aromatic N) is 1. The van der Waals surface area contributed by atoms with E-state index in [1.54, 1.807) is 0 Å². The standard InChI is InChI=1S/C22H42N8O6/c1-11(2)8-15(29-18(32)13(23)10-17(24)31)20(34)28-14(6-5-7-27-22(25)26)19(33)30-16(21(35)36)9-12(3)4/h11-16H,5-10,23H2,1-4H3,(H2,24,31)(H,28,34)(H,29,32)(H,30,33)(H,35,36)(H4,25,26,27). The normalized spacial score (nSPS) is 14.3. The smallest absolute Gasteiger partial charge is 0.326 e. The number of carbonyl (C=O) groups is 5. The number of hydrogen-bond acceptors (Lipinski definition) is 7. The van der Waals surface area contributed by atoms with Crippen LogP contribution in [0.1, 0.15) is 59.8 Å². The molecule has 0 fully saturated rings. The van der Waals surface area contributed by atoms with Crippen molar-refractivity contribution in [2.75, 3.05) is 6.54 Å². The molecule has 4 unspecified atom stereocenters. The van der Waals surface area contributed by atoms with Gasteiger partial charge in [-0.05, 0) is 37.5 Å². The van der Waals surface area contributed by atoms with E-state index >= 15 is 0 Å². The quantitative estimate of drug-likeness (QED) is 0.0598. The maximum Gasteiger partial charge on any atom is 0.326 e. The molecule has 0 aliphatic heterocycles. The lowest BCUT2D eigenvalue weighted by Gasteiger charge is -2.26. The zero-order valence-corrected chi connectivity index (χ0v) is 21.5. The van der Waals surface area contributed by atoms with E-state index in [0.29, 0.717) is 6.42 Å². The Morgan fingerprint density at radius 2 is 1.25 bits per heavy atom. The third-order valence-electron chi connectivity index (χ3n) is 5.00. The first-order chi connectivity index (χ1) is 16.6. The van der Waals surface area contributed by atoms with E-state index in [1.165, 1.54) is 0 Å². The van der Waals surface area contributed by atoms with Crippen molar-refractivity contribution >= 4 is 35.6 Å². The number of guanidine groups is 1. The van der Waals surface area contributed by atoms with Gasteiger partial charge in [0.1, 0.15) is 18.1 Å². The molecule has 4 amide bonds. The fourth-order valence-corrected chi connectivity index (χ4v) is 3.30. The number of carboxylic acids is 1. The molecule has 0 radical (unpaired) electrons. The van der Waals surface area contributed by atoms with E-state index in [4.69, 9.17) is 22.9 Å². The van der Waals surface area contributed by atoms with Crippen molar-refractivity contribution < 1.29 is 29.1 Å². The predicted octanol–water partition coefficient (Wildman–Crippen LogP) is -2.13. The molecule has 0 aliphatic rings. The lowest BCUT2D eigenvalue weighted by atomic mass is 10.0. The highest BCUT2D eigenvalue weighted by Crippen LogP contribution is 2.09. The zero-order valence-electron chi connectivity index (χ0n) is 21.5. The predicted molar refractivity (Wildman–Crippen MR) is 134 cm³/mol. The maximum atomic E-state index is 13.1. The number of aliphatic imine (C=N–C) groups is 1. The first-order valence-corrected chi connectivity index (χ1v) is 11.9. The maximum absolute atomic E-state index is 13.1. The van der Waals surface area contributed by atoms with Crippen LogP contribution in [-0.4, -0.2) is 71.4 Å². The molecule has 0 heterocycles. The van der Waals surface area contributed by atoms with Crippen LogP contribution in [0.5, 0.6) is 0 Å². The van der Waals surface area contributed by atoms with Crippen LogP contribution in [0.2, 0.25) is 0 Å². The van der Waals surface area contributed by atoms with Gasteiger partial charge in [0.15, 0.2) is 5.96 Å². The largest absolute Gasteiger partial charge is 0.480 e. The van der Waals surface area contributed by atoms with Crippen LogP contribution in [0.3, 0.4) is 0 Å². The molecule has 0 bridgehead atoms. The summed E-state index contributed by atoms with van der Waals surface area (Å²) in [6.07, 6.45) is 0.423. The van der Waals surface area contributed by atoms with Crippen LogP contribution in [0.25, 0.3) is 0 Å². The molecule has 0 aliphatic carbocycles. The van der Waals surface area contributed by atoms with Gasteiger partial charge in [-0.1, -0.05) is 27.7 Å². The Morgan fingerprint density at radius 3 is 1.72 bits per heavy atom. The minimum Gasteiger partial charge on any atom is -0.480 e. The van der Waals surface area contributed by atoms with E-state index in [2.05, 4.69) is 20.9 Å². The number of nitrogens with one attached hydrogen (secondary N) is 3. The highest BCUT2D eigenvalue weighted by Gasteiger charge is 2.31. The number of primary amides is 1. The number of hydrogen-bond donors (Lipinski definition) is 8. The molecule has 0 aromatic carbocycles. The summed E-state index contributed by atoms with van der Waals surface area (Å²) in [6, 6.07) is -4.56. The van der Waals surface area contributed by atoms with Gasteiger partial charge in [0, 0.05) is 6.54 Å². The van der Waals surface area contributed by atoms with E-state index in [1.807, 2.05) is 27.7 Å². The van der Waals surface area contributed by atoms with Gasteiger partial charge in [0.05, 0.1) is 12.5 Å². The van der Waals surface area contributed by atoms with Gasteiger partial charge in [-0.25, -0.2) is 4.79 Å². The zero-order chi connectivity index (χ0) is 28.0. The average Bonchev–Trinajstić information content (AvgIpc) is 2.73. The molecule has 0 rings (SSSR count). The van der Waals surface area contributed by atoms with E-state index < -0.39 is 60.2 Å². The molecule has 0 saturated carbocycles. The molecule has 0 saturated heterocycles. The van der Waals surface area contributed by atoms with Crippen molar-refractivity contribution in [3.8, 4) is 0 Å². The number of amides is 4. The van der Waals surface area contributed by atoms with Crippen LogP contribution in [-0.2, 0) is 24.0 Å². The monoisotopic (exact) mass is 514 g/mol. The van der Waals surface area contributed by atoms with E-state index in [-0.39, 0.29) is 43.6 Å². The van der Waals surface area contributed by atoms with Crippen molar-refractivity contribution in [1.29, 1.82) is 0 Å². The van der Waals surface area contributed by atoms with Gasteiger partial charge in [0.25, 0.3) is 0 Å². The number of nitrogens with two attached hydrogens (primary N) is 4. The summed E-state index contributed by atoms with van der Waals surface area (Å²) in [5, 5.41) is 17.0. The molecule has 12 N–H and O–H groups in total. The summed E-state index contributed by atoms with van der Waals surface area (Å²) in [6.45, 7) is 7.49. The van der Waals surface area contributed by atoms with Gasteiger partial charge in [-0.3, -0.25) is 24.2 Å². The van der Waals surface area contributed by atoms with Crippen LogP contribution < -0.4 is 38.9 Å². The molecule has 0 spiro atoms. The fourth-order valence-electron chi connectivity index (χ4n) is 3.30. The van der Waals surface area contributed by atoms with Crippen LogP contribution in [0.4, 0.5) is 0 Å². The molecule has 14 heteroatoms.